The number of carbonyl (C=O) groups excluding carboxylic acids is 1. The first-order valence-corrected chi connectivity index (χ1v) is 8.69. The number of amides is 1. The molecular formula is C19H24N4O. The minimum atomic E-state index is 0.237. The number of benzene rings is 1. The maximum Gasteiger partial charge on any atom is 0.224 e. The van der Waals surface area contributed by atoms with Crippen molar-refractivity contribution in [3.05, 3.63) is 52.8 Å². The smallest absolute Gasteiger partial charge is 0.224 e. The summed E-state index contributed by atoms with van der Waals surface area (Å²) >= 11 is 0. The van der Waals surface area contributed by atoms with Crippen molar-refractivity contribution in [1.29, 1.82) is 0 Å². The van der Waals surface area contributed by atoms with Crippen LogP contribution in [-0.2, 0) is 31.2 Å². The number of hydrogen-bond acceptors (Lipinski definition) is 3. The standard InChI is InChI=1S/C19H24N4O/c1-13-16(11-21-22(13)2)10-20-17-9-19(24)23(12-17)18-7-14-5-3-4-6-15(14)8-18/h3-6,11,17-18,20H,7-10,12H2,1-2H3/t17-/m1/s1. The lowest BCUT2D eigenvalue weighted by Crippen LogP contribution is -2.39. The summed E-state index contributed by atoms with van der Waals surface area (Å²) in [4.78, 5) is 14.6. The lowest BCUT2D eigenvalue weighted by molar-refractivity contribution is -0.129. The third-order valence-corrected chi connectivity index (χ3v) is 5.55. The molecule has 2 heterocycles. The molecule has 126 valence electrons. The first-order valence-electron chi connectivity index (χ1n) is 8.69. The molecule has 0 unspecified atom stereocenters. The molecule has 1 atom stereocenters. The Morgan fingerprint density at radius 1 is 1.21 bits per heavy atom. The van der Waals surface area contributed by atoms with Gasteiger partial charge in [-0.2, -0.15) is 5.10 Å². The Bertz CT molecular complexity index is 741. The van der Waals surface area contributed by atoms with Crippen molar-refractivity contribution in [2.75, 3.05) is 6.54 Å². The highest BCUT2D eigenvalue weighted by atomic mass is 16.2. The molecule has 1 fully saturated rings. The van der Waals surface area contributed by atoms with Crippen LogP contribution in [0.4, 0.5) is 0 Å². The molecule has 0 saturated carbocycles. The van der Waals surface area contributed by atoms with E-state index in [9.17, 15) is 4.79 Å². The fourth-order valence-electron chi connectivity index (χ4n) is 3.95. The van der Waals surface area contributed by atoms with Gasteiger partial charge in [0, 0.05) is 49.9 Å². The molecule has 1 N–H and O–H groups in total. The van der Waals surface area contributed by atoms with E-state index in [1.807, 2.05) is 17.9 Å². The topological polar surface area (TPSA) is 50.2 Å². The van der Waals surface area contributed by atoms with Gasteiger partial charge in [0.15, 0.2) is 0 Å². The van der Waals surface area contributed by atoms with E-state index in [1.54, 1.807) is 0 Å². The van der Waals surface area contributed by atoms with Crippen molar-refractivity contribution < 1.29 is 4.79 Å². The van der Waals surface area contributed by atoms with Crippen molar-refractivity contribution in [2.45, 2.75) is 44.8 Å². The van der Waals surface area contributed by atoms with E-state index in [-0.39, 0.29) is 11.9 Å². The molecule has 2 aliphatic rings. The van der Waals surface area contributed by atoms with Crippen LogP contribution in [0.25, 0.3) is 0 Å². The Morgan fingerprint density at radius 2 is 1.92 bits per heavy atom. The van der Waals surface area contributed by atoms with E-state index < -0.39 is 0 Å². The zero-order valence-electron chi connectivity index (χ0n) is 14.3. The van der Waals surface area contributed by atoms with Gasteiger partial charge < -0.3 is 10.2 Å². The molecule has 5 nitrogen and oxygen atoms in total. The van der Waals surface area contributed by atoms with E-state index in [2.05, 4.69) is 46.5 Å². The third-order valence-electron chi connectivity index (χ3n) is 5.55. The van der Waals surface area contributed by atoms with Gasteiger partial charge in [0.2, 0.25) is 5.91 Å². The van der Waals surface area contributed by atoms with Gasteiger partial charge in [0.05, 0.1) is 6.20 Å². The maximum atomic E-state index is 12.5. The fraction of sp³-hybridized carbons (Fsp3) is 0.474. The van der Waals surface area contributed by atoms with Crippen LogP contribution in [0.15, 0.2) is 30.5 Å². The predicted octanol–water partition coefficient (Wildman–Crippen LogP) is 1.59. The first-order chi connectivity index (χ1) is 11.6. The van der Waals surface area contributed by atoms with Crippen LogP contribution in [0.5, 0.6) is 0 Å². The van der Waals surface area contributed by atoms with Gasteiger partial charge >= 0.3 is 0 Å². The predicted molar refractivity (Wildman–Crippen MR) is 92.5 cm³/mol. The zero-order valence-corrected chi connectivity index (χ0v) is 14.3. The molecule has 4 rings (SSSR count). The number of carbonyl (C=O) groups is 1. The molecule has 0 bridgehead atoms. The van der Waals surface area contributed by atoms with Crippen molar-refractivity contribution in [3.63, 3.8) is 0 Å². The van der Waals surface area contributed by atoms with Crippen LogP contribution in [0.1, 0.15) is 28.8 Å². The fourth-order valence-corrected chi connectivity index (χ4v) is 3.95. The maximum absolute atomic E-state index is 12.5. The average molecular weight is 324 g/mol. The molecule has 1 aliphatic heterocycles. The van der Waals surface area contributed by atoms with E-state index in [4.69, 9.17) is 0 Å². The summed E-state index contributed by atoms with van der Waals surface area (Å²) in [5, 5.41) is 7.82. The highest BCUT2D eigenvalue weighted by Gasteiger charge is 2.36. The van der Waals surface area contributed by atoms with Gasteiger partial charge in [-0.25, -0.2) is 0 Å². The Morgan fingerprint density at radius 3 is 2.54 bits per heavy atom. The Balaban J connectivity index is 1.37. The molecule has 24 heavy (non-hydrogen) atoms. The molecule has 1 aliphatic carbocycles. The second-order valence-electron chi connectivity index (χ2n) is 7.04. The normalized spacial score (nSPS) is 20.8. The molecule has 0 spiro atoms. The number of likely N-dealkylation sites (tertiary alicyclic amines) is 1. The first kappa shape index (κ1) is 15.4. The summed E-state index contributed by atoms with van der Waals surface area (Å²) in [6.45, 7) is 3.67. The van der Waals surface area contributed by atoms with Crippen LogP contribution in [0.2, 0.25) is 0 Å². The van der Waals surface area contributed by atoms with Gasteiger partial charge in [0.25, 0.3) is 0 Å². The van der Waals surface area contributed by atoms with E-state index >= 15 is 0 Å². The minimum Gasteiger partial charge on any atom is -0.337 e. The molecular weight excluding hydrogens is 300 g/mol. The van der Waals surface area contributed by atoms with Crippen LogP contribution in [-0.4, -0.2) is 39.2 Å². The summed E-state index contributed by atoms with van der Waals surface area (Å²) in [7, 11) is 1.96. The highest BCUT2D eigenvalue weighted by molar-refractivity contribution is 5.79. The number of aromatic nitrogens is 2. The van der Waals surface area contributed by atoms with Gasteiger partial charge in [-0.1, -0.05) is 24.3 Å². The van der Waals surface area contributed by atoms with Crippen LogP contribution < -0.4 is 5.32 Å². The lowest BCUT2D eigenvalue weighted by Gasteiger charge is -2.24. The van der Waals surface area contributed by atoms with Crippen LogP contribution in [0.3, 0.4) is 0 Å². The molecule has 0 radical (unpaired) electrons. The highest BCUT2D eigenvalue weighted by Crippen LogP contribution is 2.28. The summed E-state index contributed by atoms with van der Waals surface area (Å²) in [6, 6.07) is 9.14. The Hall–Kier alpha value is -2.14. The van der Waals surface area contributed by atoms with Gasteiger partial charge in [0.1, 0.15) is 0 Å². The second kappa shape index (κ2) is 6.06. The SMILES string of the molecule is Cc1c(CN[C@@H]2CC(=O)N(C3Cc4ccccc4C3)C2)cnn1C. The second-order valence-corrected chi connectivity index (χ2v) is 7.04. The lowest BCUT2D eigenvalue weighted by atomic mass is 10.1. The Labute approximate surface area is 142 Å². The van der Waals surface area contributed by atoms with Gasteiger partial charge in [-0.05, 0) is 30.9 Å². The van der Waals surface area contributed by atoms with Crippen molar-refractivity contribution >= 4 is 5.91 Å². The van der Waals surface area contributed by atoms with E-state index in [0.29, 0.717) is 12.5 Å². The minimum absolute atomic E-state index is 0.237. The molecule has 5 heteroatoms. The number of fused-ring (bicyclic) bond motifs is 1. The quantitative estimate of drug-likeness (QED) is 0.929. The number of aryl methyl sites for hydroxylation is 1. The van der Waals surface area contributed by atoms with Crippen LogP contribution in [0, 0.1) is 6.92 Å². The van der Waals surface area contributed by atoms with Crippen molar-refractivity contribution in [2.24, 2.45) is 7.05 Å². The van der Waals surface area contributed by atoms with Crippen molar-refractivity contribution in [3.8, 4) is 0 Å². The monoisotopic (exact) mass is 324 g/mol. The molecule has 2 aromatic rings. The largest absolute Gasteiger partial charge is 0.337 e. The van der Waals surface area contributed by atoms with Gasteiger partial charge in [-0.3, -0.25) is 9.48 Å². The average Bonchev–Trinajstić information content (AvgIpc) is 3.24. The number of nitrogens with one attached hydrogen (secondary N) is 1. The van der Waals surface area contributed by atoms with E-state index in [1.165, 1.54) is 22.4 Å². The zero-order chi connectivity index (χ0) is 16.7. The number of hydrogen-bond donors (Lipinski definition) is 1. The molecule has 1 amide bonds. The molecule has 1 aromatic carbocycles. The van der Waals surface area contributed by atoms with Crippen LogP contribution >= 0.6 is 0 Å². The summed E-state index contributed by atoms with van der Waals surface area (Å²) in [6.07, 6.45) is 4.50. The summed E-state index contributed by atoms with van der Waals surface area (Å²) in [5.41, 5.74) is 5.18. The molecule has 1 aromatic heterocycles. The summed E-state index contributed by atoms with van der Waals surface area (Å²) < 4.78 is 1.89. The number of rotatable bonds is 4. The summed E-state index contributed by atoms with van der Waals surface area (Å²) in [5.74, 6) is 0.285. The third kappa shape index (κ3) is 2.73. The van der Waals surface area contributed by atoms with Gasteiger partial charge in [-0.15, -0.1) is 0 Å². The Kier molecular flexibility index (Phi) is 3.88. The molecule has 1 saturated heterocycles. The number of nitrogens with zero attached hydrogens (tertiary/aromatic N) is 3. The van der Waals surface area contributed by atoms with E-state index in [0.717, 1.165) is 25.9 Å². The van der Waals surface area contributed by atoms with Crippen molar-refractivity contribution in [1.82, 2.24) is 20.0 Å².